The average molecular weight is 292 g/mol. The molecule has 2 heterocycles. The smallest absolute Gasteiger partial charge is 0.332 e. The number of ether oxygens (including phenoxy) is 1. The molecule has 0 aliphatic carbocycles. The summed E-state index contributed by atoms with van der Waals surface area (Å²) >= 11 is 0. The van der Waals surface area contributed by atoms with Crippen molar-refractivity contribution in [2.75, 3.05) is 18.5 Å². The second-order valence-corrected chi connectivity index (χ2v) is 4.45. The Labute approximate surface area is 120 Å². The van der Waals surface area contributed by atoms with Gasteiger partial charge in [-0.15, -0.1) is 0 Å². The topological polar surface area (TPSA) is 95.2 Å². The molecule has 0 radical (unpaired) electrons. The van der Waals surface area contributed by atoms with Crippen LogP contribution in [0, 0.1) is 0 Å². The highest BCUT2D eigenvalue weighted by atomic mass is 16.5. The number of pyridine rings is 1. The van der Waals surface area contributed by atoms with E-state index in [1.807, 2.05) is 0 Å². The van der Waals surface area contributed by atoms with Crippen LogP contribution in [0.15, 0.2) is 21.9 Å². The number of hydrogen-bond donors (Lipinski definition) is 1. The van der Waals surface area contributed by atoms with Crippen molar-refractivity contribution in [1.29, 1.82) is 0 Å². The molecule has 2 aromatic heterocycles. The number of fused-ring (bicyclic) bond motifs is 1. The molecule has 112 valence electrons. The van der Waals surface area contributed by atoms with Crippen molar-refractivity contribution >= 4 is 22.6 Å². The third-order valence-corrected chi connectivity index (χ3v) is 3.05. The molecule has 0 atom stereocenters. The lowest BCUT2D eigenvalue weighted by atomic mass is 10.2. The van der Waals surface area contributed by atoms with Gasteiger partial charge in [-0.05, 0) is 13.0 Å². The first kappa shape index (κ1) is 14.9. The summed E-state index contributed by atoms with van der Waals surface area (Å²) in [7, 11) is 2.89. The Hall–Kier alpha value is -2.48. The molecule has 0 aromatic carbocycles. The van der Waals surface area contributed by atoms with Crippen LogP contribution in [0.2, 0.25) is 0 Å². The van der Waals surface area contributed by atoms with Crippen molar-refractivity contribution < 1.29 is 9.53 Å². The van der Waals surface area contributed by atoms with Gasteiger partial charge in [-0.3, -0.25) is 18.7 Å². The first-order chi connectivity index (χ1) is 9.97. The van der Waals surface area contributed by atoms with Crippen LogP contribution in [0.25, 0.3) is 11.0 Å². The van der Waals surface area contributed by atoms with Gasteiger partial charge in [0.2, 0.25) is 5.91 Å². The summed E-state index contributed by atoms with van der Waals surface area (Å²) in [6.07, 6.45) is 1.43. The number of nitrogens with one attached hydrogen (secondary N) is 1. The van der Waals surface area contributed by atoms with E-state index >= 15 is 0 Å². The highest BCUT2D eigenvalue weighted by molar-refractivity contribution is 6.00. The van der Waals surface area contributed by atoms with Gasteiger partial charge in [-0.1, -0.05) is 0 Å². The Balaban J connectivity index is 2.59. The van der Waals surface area contributed by atoms with E-state index in [0.717, 1.165) is 4.57 Å². The molecular formula is C13H16N4O4. The number of anilines is 1. The molecule has 2 aromatic rings. The Morgan fingerprint density at radius 1 is 1.33 bits per heavy atom. The highest BCUT2D eigenvalue weighted by Crippen LogP contribution is 2.16. The lowest BCUT2D eigenvalue weighted by molar-refractivity contribution is -0.120. The molecule has 1 amide bonds. The second-order valence-electron chi connectivity index (χ2n) is 4.45. The molecule has 21 heavy (non-hydrogen) atoms. The van der Waals surface area contributed by atoms with Crippen LogP contribution in [0.5, 0.6) is 0 Å². The molecule has 0 spiro atoms. The molecule has 0 saturated heterocycles. The molecule has 0 bridgehead atoms. The van der Waals surface area contributed by atoms with Gasteiger partial charge in [-0.25, -0.2) is 9.78 Å². The summed E-state index contributed by atoms with van der Waals surface area (Å²) in [4.78, 5) is 39.9. The van der Waals surface area contributed by atoms with Crippen molar-refractivity contribution in [1.82, 2.24) is 14.1 Å². The van der Waals surface area contributed by atoms with Gasteiger partial charge in [0.05, 0.1) is 5.69 Å². The zero-order valence-corrected chi connectivity index (χ0v) is 12.0. The van der Waals surface area contributed by atoms with E-state index in [1.165, 1.54) is 30.9 Å². The van der Waals surface area contributed by atoms with Crippen LogP contribution in [0.3, 0.4) is 0 Å². The van der Waals surface area contributed by atoms with Crippen molar-refractivity contribution in [3.8, 4) is 0 Å². The van der Waals surface area contributed by atoms with E-state index in [0.29, 0.717) is 12.3 Å². The lowest BCUT2D eigenvalue weighted by Gasteiger charge is -2.11. The normalized spacial score (nSPS) is 10.8. The summed E-state index contributed by atoms with van der Waals surface area (Å²) in [6.45, 7) is 2.09. The molecule has 1 N–H and O–H groups in total. The molecule has 0 fully saturated rings. The summed E-state index contributed by atoms with van der Waals surface area (Å²) < 4.78 is 7.24. The number of nitrogens with zero attached hydrogens (tertiary/aromatic N) is 3. The fraction of sp³-hybridized carbons (Fsp3) is 0.385. The monoisotopic (exact) mass is 292 g/mol. The standard InChI is InChI=1S/C13H16N4O4/c1-4-21-7-9(18)15-8-5-6-14-11-10(8)12(19)17(3)13(20)16(11)2/h5-6H,4,7H2,1-3H3,(H,14,15,18). The summed E-state index contributed by atoms with van der Waals surface area (Å²) in [6, 6.07) is 1.51. The minimum Gasteiger partial charge on any atom is -0.372 e. The first-order valence-electron chi connectivity index (χ1n) is 6.39. The van der Waals surface area contributed by atoms with Crippen molar-refractivity contribution in [2.24, 2.45) is 14.1 Å². The summed E-state index contributed by atoms with van der Waals surface area (Å²) in [5.41, 5.74) is -0.455. The largest absolute Gasteiger partial charge is 0.372 e. The number of carbonyl (C=O) groups is 1. The van der Waals surface area contributed by atoms with Gasteiger partial charge in [0.1, 0.15) is 12.0 Å². The zero-order chi connectivity index (χ0) is 15.6. The maximum Gasteiger partial charge on any atom is 0.332 e. The van der Waals surface area contributed by atoms with Gasteiger partial charge < -0.3 is 10.1 Å². The number of amides is 1. The number of carbonyl (C=O) groups excluding carboxylic acids is 1. The quantitative estimate of drug-likeness (QED) is 0.828. The summed E-state index contributed by atoms with van der Waals surface area (Å²) in [5.74, 6) is -0.375. The van der Waals surface area contributed by atoms with Crippen molar-refractivity contribution in [3.63, 3.8) is 0 Å². The Morgan fingerprint density at radius 3 is 2.71 bits per heavy atom. The maximum atomic E-state index is 12.2. The van der Waals surface area contributed by atoms with Gasteiger partial charge in [0.25, 0.3) is 5.56 Å². The maximum absolute atomic E-state index is 12.2. The van der Waals surface area contributed by atoms with Crippen LogP contribution in [0.4, 0.5) is 5.69 Å². The SMILES string of the molecule is CCOCC(=O)Nc1ccnc2c1c(=O)n(C)c(=O)n2C. The third kappa shape index (κ3) is 2.70. The fourth-order valence-corrected chi connectivity index (χ4v) is 1.97. The minimum absolute atomic E-state index is 0.105. The highest BCUT2D eigenvalue weighted by Gasteiger charge is 2.14. The third-order valence-electron chi connectivity index (χ3n) is 3.05. The van der Waals surface area contributed by atoms with E-state index in [2.05, 4.69) is 10.3 Å². The Morgan fingerprint density at radius 2 is 2.05 bits per heavy atom. The van der Waals surface area contributed by atoms with E-state index in [-0.39, 0.29) is 23.5 Å². The molecule has 0 unspecified atom stereocenters. The molecule has 0 aliphatic heterocycles. The van der Waals surface area contributed by atoms with Crippen LogP contribution < -0.4 is 16.6 Å². The van der Waals surface area contributed by atoms with Crippen molar-refractivity contribution in [3.05, 3.63) is 33.1 Å². The number of aromatic nitrogens is 3. The van der Waals surface area contributed by atoms with Gasteiger partial charge >= 0.3 is 5.69 Å². The van der Waals surface area contributed by atoms with Gasteiger partial charge in [0, 0.05) is 26.9 Å². The first-order valence-corrected chi connectivity index (χ1v) is 6.39. The second kappa shape index (κ2) is 5.88. The van der Waals surface area contributed by atoms with E-state index < -0.39 is 11.2 Å². The molecule has 0 aliphatic rings. The zero-order valence-electron chi connectivity index (χ0n) is 12.0. The average Bonchev–Trinajstić information content (AvgIpc) is 2.48. The fourth-order valence-electron chi connectivity index (χ4n) is 1.97. The molecule has 2 rings (SSSR count). The van der Waals surface area contributed by atoms with Crippen LogP contribution in [-0.4, -0.2) is 33.2 Å². The summed E-state index contributed by atoms with van der Waals surface area (Å²) in [5, 5.41) is 2.79. The van der Waals surface area contributed by atoms with E-state index in [1.54, 1.807) is 6.92 Å². The minimum atomic E-state index is -0.507. The number of rotatable bonds is 4. The Bertz CT molecular complexity index is 806. The van der Waals surface area contributed by atoms with Crippen LogP contribution in [-0.2, 0) is 23.6 Å². The van der Waals surface area contributed by atoms with Gasteiger partial charge in [-0.2, -0.15) is 0 Å². The molecule has 8 heteroatoms. The number of hydrogen-bond acceptors (Lipinski definition) is 5. The number of aryl methyl sites for hydroxylation is 1. The van der Waals surface area contributed by atoms with Crippen LogP contribution >= 0.6 is 0 Å². The van der Waals surface area contributed by atoms with Gasteiger partial charge in [0.15, 0.2) is 5.65 Å². The Kier molecular flexibility index (Phi) is 4.18. The molecule has 0 saturated carbocycles. The predicted octanol–water partition coefficient (Wildman–Crippen LogP) is -0.393. The predicted molar refractivity (Wildman–Crippen MR) is 77.3 cm³/mol. The lowest BCUT2D eigenvalue weighted by Crippen LogP contribution is -2.37. The van der Waals surface area contributed by atoms with E-state index in [9.17, 15) is 14.4 Å². The van der Waals surface area contributed by atoms with E-state index in [4.69, 9.17) is 4.74 Å². The van der Waals surface area contributed by atoms with Crippen molar-refractivity contribution in [2.45, 2.75) is 6.92 Å². The molecule has 8 nitrogen and oxygen atoms in total. The van der Waals surface area contributed by atoms with Crippen LogP contribution in [0.1, 0.15) is 6.92 Å². The molecular weight excluding hydrogens is 276 g/mol.